The lowest BCUT2D eigenvalue weighted by molar-refractivity contribution is -0.346. The van der Waals surface area contributed by atoms with Crippen molar-refractivity contribution in [3.63, 3.8) is 0 Å². The van der Waals surface area contributed by atoms with Crippen LogP contribution in [0.15, 0.2) is 71.8 Å². The van der Waals surface area contributed by atoms with Crippen molar-refractivity contribution in [2.75, 3.05) is 33.5 Å². The highest BCUT2D eigenvalue weighted by Crippen LogP contribution is 2.65. The minimum atomic E-state index is -2.24. The number of hydrogen-bond donors (Lipinski definition) is 3. The molecule has 0 aromatic heterocycles. The Labute approximate surface area is 408 Å². The van der Waals surface area contributed by atoms with Gasteiger partial charge in [0.25, 0.3) is 0 Å². The minimum Gasteiger partial charge on any atom is -0.455 e. The van der Waals surface area contributed by atoms with Crippen molar-refractivity contribution in [2.24, 2.45) is 22.7 Å². The zero-order chi connectivity index (χ0) is 51.6. The summed E-state index contributed by atoms with van der Waals surface area (Å²) in [5, 5.41) is 19.1. The van der Waals surface area contributed by atoms with Gasteiger partial charge in [-0.05, 0) is 70.4 Å². The van der Waals surface area contributed by atoms with Crippen LogP contribution in [0.4, 0.5) is 4.79 Å². The van der Waals surface area contributed by atoms with Crippen molar-refractivity contribution in [3.05, 3.63) is 82.9 Å². The van der Waals surface area contributed by atoms with Gasteiger partial charge in [-0.25, -0.2) is 14.4 Å². The molecule has 382 valence electrons. The van der Waals surface area contributed by atoms with E-state index in [4.69, 9.17) is 37.9 Å². The highest BCUT2D eigenvalue weighted by Gasteiger charge is 2.78. The molecule has 18 nitrogen and oxygen atoms in total. The number of methoxy groups -OCH3 is 1. The summed E-state index contributed by atoms with van der Waals surface area (Å²) in [5.41, 5.74) is -6.69. The lowest BCUT2D eigenvalue weighted by Crippen LogP contribution is -2.81. The summed E-state index contributed by atoms with van der Waals surface area (Å²) < 4.78 is 48.0. The number of hydrogen-bond acceptors (Lipinski definition) is 16. The molecule has 1 saturated heterocycles. The second kappa shape index (κ2) is 21.0. The van der Waals surface area contributed by atoms with Gasteiger partial charge in [0.1, 0.15) is 47.9 Å². The number of ketones is 1. The SMILES string of the molecule is CCOCCC(=O)NCC(=O)O[C@@H](C(=O)O[C@H]1C[C@@]2(O)[C@@H](OC(=O)c3ccccc3)[C@@H]3[C@]4(OC(C)=O)CO[C@@H]4C[C@H](OC)[C@@]3(C)C(=O)[C@H](C)C(=C1C)C2(C)C)[C@@H](NC(=O)OC(C)(C)C)c1ccccc1. The summed E-state index contributed by atoms with van der Waals surface area (Å²) in [7, 11) is 1.45. The predicted molar refractivity (Wildman–Crippen MR) is 250 cm³/mol. The van der Waals surface area contributed by atoms with E-state index in [0.717, 1.165) is 0 Å². The summed E-state index contributed by atoms with van der Waals surface area (Å²) in [4.78, 5) is 98.2. The molecule has 18 heteroatoms. The van der Waals surface area contributed by atoms with Gasteiger partial charge >= 0.3 is 30.0 Å². The Balaban J connectivity index is 1.50. The van der Waals surface area contributed by atoms with Gasteiger partial charge in [-0.15, -0.1) is 0 Å². The Hall–Kier alpha value is -5.69. The first kappa shape index (κ1) is 53.7. The van der Waals surface area contributed by atoms with Crippen LogP contribution < -0.4 is 10.6 Å². The molecule has 1 heterocycles. The minimum absolute atomic E-state index is 0.0568. The van der Waals surface area contributed by atoms with E-state index in [0.29, 0.717) is 23.3 Å². The first-order chi connectivity index (χ1) is 32.9. The fourth-order valence-corrected chi connectivity index (χ4v) is 11.2. The Morgan fingerprint density at radius 2 is 1.60 bits per heavy atom. The van der Waals surface area contributed by atoms with Gasteiger partial charge in [0.15, 0.2) is 5.60 Å². The van der Waals surface area contributed by atoms with E-state index in [9.17, 15) is 29.1 Å². The second-order valence-corrected chi connectivity index (χ2v) is 20.3. The molecule has 2 aromatic rings. The van der Waals surface area contributed by atoms with Gasteiger partial charge < -0.3 is 53.6 Å². The van der Waals surface area contributed by atoms with Crippen molar-refractivity contribution in [1.82, 2.24) is 10.6 Å². The van der Waals surface area contributed by atoms with Crippen molar-refractivity contribution in [3.8, 4) is 0 Å². The van der Waals surface area contributed by atoms with E-state index in [1.807, 2.05) is 0 Å². The zero-order valence-corrected chi connectivity index (χ0v) is 41.9. The standard InChI is InChI=1S/C52H68N2O16/c1-12-64-24-23-37(56)53-27-38(57)67-41(40(32-19-15-13-16-20-32)54-47(61)70-48(5,6)7)46(60)66-34-26-52(62)44(68-45(59)33-21-17-14-18-22-33)42-50(10,43(58)30(3)39(29(34)2)49(52,8)9)35(63-11)25-36-51(42,28-65-36)69-31(4)55/h13-22,30,34-36,40-42,44,62H,12,23-28H2,1-11H3,(H,53,56)(H,54,61)/t30-,34+,35+,36-,40+,41-,42+,44+,50-,51+,52-/m1/s1. The lowest BCUT2D eigenvalue weighted by atomic mass is 9.43. The van der Waals surface area contributed by atoms with E-state index in [1.165, 1.54) is 26.2 Å². The number of Topliss-reactive ketones (excluding diaryl/α,β-unsaturated/α-hetero) is 1. The average molecular weight is 977 g/mol. The maximum Gasteiger partial charge on any atom is 0.408 e. The Morgan fingerprint density at radius 3 is 2.17 bits per heavy atom. The fourth-order valence-electron chi connectivity index (χ4n) is 11.2. The molecular formula is C52H68N2O16. The number of rotatable bonds is 16. The van der Waals surface area contributed by atoms with E-state index in [2.05, 4.69) is 10.6 Å². The molecule has 70 heavy (non-hydrogen) atoms. The Bertz CT molecular complexity index is 2330. The molecule has 0 radical (unpaired) electrons. The predicted octanol–water partition coefficient (Wildman–Crippen LogP) is 5.28. The molecule has 2 bridgehead atoms. The summed E-state index contributed by atoms with van der Waals surface area (Å²) in [5.74, 6) is -7.03. The third-order valence-corrected chi connectivity index (χ3v) is 14.5. The molecule has 2 aromatic carbocycles. The summed E-state index contributed by atoms with van der Waals surface area (Å²) in [6.07, 6.45) is -8.11. The monoisotopic (exact) mass is 976 g/mol. The topological polar surface area (TPSA) is 238 Å². The quantitative estimate of drug-likeness (QED) is 0.0839. The number of amides is 2. The normalized spacial score (nSPS) is 29.7. The summed E-state index contributed by atoms with van der Waals surface area (Å²) in [6.45, 7) is 16.0. The lowest BCUT2D eigenvalue weighted by Gasteiger charge is -2.68. The molecule has 6 rings (SSSR count). The van der Waals surface area contributed by atoms with Crippen LogP contribution in [0.2, 0.25) is 0 Å². The maximum atomic E-state index is 15.7. The molecule has 3 fully saturated rings. The van der Waals surface area contributed by atoms with E-state index in [1.54, 1.807) is 111 Å². The first-order valence-electron chi connectivity index (χ1n) is 23.7. The van der Waals surface area contributed by atoms with Gasteiger partial charge in [-0.3, -0.25) is 19.2 Å². The van der Waals surface area contributed by atoms with Crippen LogP contribution >= 0.6 is 0 Å². The van der Waals surface area contributed by atoms with E-state index >= 15 is 9.59 Å². The van der Waals surface area contributed by atoms with Gasteiger partial charge in [0.2, 0.25) is 12.0 Å². The average Bonchev–Trinajstić information content (AvgIpc) is 3.29. The van der Waals surface area contributed by atoms with Gasteiger partial charge in [0, 0.05) is 51.2 Å². The van der Waals surface area contributed by atoms with Crippen LogP contribution in [0.3, 0.4) is 0 Å². The van der Waals surface area contributed by atoms with Crippen molar-refractivity contribution in [1.29, 1.82) is 0 Å². The summed E-state index contributed by atoms with van der Waals surface area (Å²) >= 11 is 0. The van der Waals surface area contributed by atoms with Crippen LogP contribution in [0, 0.1) is 22.7 Å². The fraction of sp³-hybridized carbons (Fsp3) is 0.596. The molecule has 2 amide bonds. The number of carbonyl (C=O) groups excluding carboxylic acids is 7. The third kappa shape index (κ3) is 10.4. The highest BCUT2D eigenvalue weighted by molar-refractivity contribution is 5.93. The van der Waals surface area contributed by atoms with Crippen LogP contribution in [-0.2, 0) is 61.9 Å². The van der Waals surface area contributed by atoms with Gasteiger partial charge in [-0.1, -0.05) is 69.3 Å². The largest absolute Gasteiger partial charge is 0.455 e. The molecule has 3 aliphatic carbocycles. The number of ether oxygens (including phenoxy) is 8. The molecule has 0 unspecified atom stereocenters. The Kier molecular flexibility index (Phi) is 16.1. The second-order valence-electron chi connectivity index (χ2n) is 20.3. The van der Waals surface area contributed by atoms with Gasteiger partial charge in [0.05, 0.1) is 36.2 Å². The molecule has 3 N–H and O–H groups in total. The molecule has 11 atom stereocenters. The number of aliphatic hydroxyl groups is 1. The van der Waals surface area contributed by atoms with Crippen molar-refractivity contribution in [2.45, 2.75) is 142 Å². The van der Waals surface area contributed by atoms with Crippen LogP contribution in [0.25, 0.3) is 0 Å². The number of carbonyl (C=O) groups is 7. The number of fused-ring (bicyclic) bond motifs is 5. The number of alkyl carbamates (subject to hydrolysis) is 1. The number of nitrogens with one attached hydrogen (secondary N) is 2. The number of esters is 4. The Morgan fingerprint density at radius 1 is 0.957 bits per heavy atom. The first-order valence-corrected chi connectivity index (χ1v) is 23.7. The molecule has 0 spiro atoms. The van der Waals surface area contributed by atoms with E-state index < -0.39 is 125 Å². The molecule has 2 saturated carbocycles. The van der Waals surface area contributed by atoms with Crippen molar-refractivity contribution >= 4 is 41.7 Å². The van der Waals surface area contributed by atoms with Crippen LogP contribution in [-0.4, -0.2) is 128 Å². The zero-order valence-electron chi connectivity index (χ0n) is 41.9. The smallest absolute Gasteiger partial charge is 0.408 e. The molecular weight excluding hydrogens is 909 g/mol. The van der Waals surface area contributed by atoms with Crippen LogP contribution in [0.1, 0.15) is 110 Å². The molecule has 4 aliphatic rings. The van der Waals surface area contributed by atoms with Crippen LogP contribution in [0.5, 0.6) is 0 Å². The van der Waals surface area contributed by atoms with Crippen molar-refractivity contribution < 1.29 is 76.6 Å². The van der Waals surface area contributed by atoms with E-state index in [-0.39, 0.29) is 37.4 Å². The molecule has 1 aliphatic heterocycles. The van der Waals surface area contributed by atoms with Gasteiger partial charge in [-0.2, -0.15) is 0 Å². The third-order valence-electron chi connectivity index (χ3n) is 14.5. The highest BCUT2D eigenvalue weighted by atomic mass is 16.6. The summed E-state index contributed by atoms with van der Waals surface area (Å²) in [6, 6.07) is 14.8. The number of benzene rings is 2. The maximum absolute atomic E-state index is 15.7.